The van der Waals surface area contributed by atoms with Crippen LogP contribution in [-0.4, -0.2) is 27.6 Å². The van der Waals surface area contributed by atoms with Crippen LogP contribution in [0, 0.1) is 0 Å². The van der Waals surface area contributed by atoms with Gasteiger partial charge >= 0.3 is 6.36 Å². The SMILES string of the molecule is O=c1c2cc(OC(F)(F)F)ccc2ncn1CCCCO. The summed E-state index contributed by atoms with van der Waals surface area (Å²) in [5, 5.41) is 8.76. The van der Waals surface area contributed by atoms with Crippen LogP contribution in [0.25, 0.3) is 10.9 Å². The number of nitrogens with zero attached hydrogens (tertiary/aromatic N) is 2. The lowest BCUT2D eigenvalue weighted by molar-refractivity contribution is -0.274. The van der Waals surface area contributed by atoms with Gasteiger partial charge in [0.1, 0.15) is 5.75 Å². The minimum atomic E-state index is -4.81. The Hall–Kier alpha value is -2.09. The number of halogens is 3. The molecule has 0 amide bonds. The van der Waals surface area contributed by atoms with Crippen molar-refractivity contribution in [1.29, 1.82) is 0 Å². The maximum absolute atomic E-state index is 12.2. The Labute approximate surface area is 117 Å². The zero-order valence-electron chi connectivity index (χ0n) is 10.9. The summed E-state index contributed by atoms with van der Waals surface area (Å²) >= 11 is 0. The molecule has 0 bridgehead atoms. The van der Waals surface area contributed by atoms with E-state index in [4.69, 9.17) is 5.11 Å². The maximum atomic E-state index is 12.2. The summed E-state index contributed by atoms with van der Waals surface area (Å²) in [4.78, 5) is 16.2. The molecule has 0 saturated heterocycles. The van der Waals surface area contributed by atoms with Crippen LogP contribution in [-0.2, 0) is 6.54 Å². The second kappa shape index (κ2) is 6.13. The van der Waals surface area contributed by atoms with Gasteiger partial charge in [0.15, 0.2) is 0 Å². The van der Waals surface area contributed by atoms with Gasteiger partial charge in [0.25, 0.3) is 5.56 Å². The Morgan fingerprint density at radius 2 is 2.05 bits per heavy atom. The second-order valence-corrected chi connectivity index (χ2v) is 4.40. The molecular formula is C13H13F3N2O3. The molecule has 114 valence electrons. The molecule has 5 nitrogen and oxygen atoms in total. The number of aliphatic hydroxyl groups excluding tert-OH is 1. The molecule has 0 aliphatic heterocycles. The van der Waals surface area contributed by atoms with Crippen LogP contribution in [0.5, 0.6) is 5.75 Å². The third-order valence-electron chi connectivity index (χ3n) is 2.84. The number of fused-ring (bicyclic) bond motifs is 1. The van der Waals surface area contributed by atoms with Crippen molar-refractivity contribution in [2.45, 2.75) is 25.7 Å². The van der Waals surface area contributed by atoms with E-state index in [1.54, 1.807) is 0 Å². The largest absolute Gasteiger partial charge is 0.573 e. The number of hydrogen-bond donors (Lipinski definition) is 1. The average Bonchev–Trinajstić information content (AvgIpc) is 2.40. The Morgan fingerprint density at radius 3 is 2.71 bits per heavy atom. The van der Waals surface area contributed by atoms with Gasteiger partial charge in [-0.25, -0.2) is 4.98 Å². The first kappa shape index (κ1) is 15.3. The summed E-state index contributed by atoms with van der Waals surface area (Å²) < 4.78 is 41.6. The van der Waals surface area contributed by atoms with Crippen LogP contribution < -0.4 is 10.3 Å². The van der Waals surface area contributed by atoms with E-state index < -0.39 is 17.7 Å². The molecule has 1 N–H and O–H groups in total. The fourth-order valence-electron chi connectivity index (χ4n) is 1.89. The highest BCUT2D eigenvalue weighted by Gasteiger charge is 2.31. The lowest BCUT2D eigenvalue weighted by Gasteiger charge is -2.10. The number of aromatic nitrogens is 2. The van der Waals surface area contributed by atoms with Crippen molar-refractivity contribution in [3.05, 3.63) is 34.9 Å². The highest BCUT2D eigenvalue weighted by atomic mass is 19.4. The summed E-state index contributed by atoms with van der Waals surface area (Å²) in [6.07, 6.45) is -2.37. The first-order chi connectivity index (χ1) is 9.90. The minimum absolute atomic E-state index is 0.0132. The fraction of sp³-hybridized carbons (Fsp3) is 0.385. The van der Waals surface area contributed by atoms with Gasteiger partial charge in [-0.2, -0.15) is 0 Å². The molecule has 0 fully saturated rings. The lowest BCUT2D eigenvalue weighted by atomic mass is 10.2. The molecule has 2 aromatic rings. The van der Waals surface area contributed by atoms with Crippen LogP contribution in [0.1, 0.15) is 12.8 Å². The standard InChI is InChI=1S/C13H13F3N2O3/c14-13(15,16)21-9-3-4-11-10(7-9)12(20)18(8-17-11)5-1-2-6-19/h3-4,7-8,19H,1-2,5-6H2. The van der Waals surface area contributed by atoms with Crippen molar-refractivity contribution < 1.29 is 23.0 Å². The topological polar surface area (TPSA) is 64.3 Å². The quantitative estimate of drug-likeness (QED) is 0.859. The highest BCUT2D eigenvalue weighted by molar-refractivity contribution is 5.78. The zero-order chi connectivity index (χ0) is 15.5. The molecular weight excluding hydrogens is 289 g/mol. The third kappa shape index (κ3) is 3.94. The first-order valence-corrected chi connectivity index (χ1v) is 6.26. The summed E-state index contributed by atoms with van der Waals surface area (Å²) in [6.45, 7) is 0.353. The van der Waals surface area contributed by atoms with Gasteiger partial charge in [-0.05, 0) is 31.0 Å². The number of hydrogen-bond acceptors (Lipinski definition) is 4. The molecule has 0 radical (unpaired) electrons. The predicted molar refractivity (Wildman–Crippen MR) is 69.0 cm³/mol. The second-order valence-electron chi connectivity index (χ2n) is 4.40. The molecule has 1 heterocycles. The van der Waals surface area contributed by atoms with Crippen LogP contribution in [0.4, 0.5) is 13.2 Å². The molecule has 1 aromatic carbocycles. The molecule has 8 heteroatoms. The number of rotatable bonds is 5. The van der Waals surface area contributed by atoms with Gasteiger partial charge in [0, 0.05) is 13.2 Å². The lowest BCUT2D eigenvalue weighted by Crippen LogP contribution is -2.21. The van der Waals surface area contributed by atoms with E-state index in [1.807, 2.05) is 0 Å². The van der Waals surface area contributed by atoms with E-state index >= 15 is 0 Å². The van der Waals surface area contributed by atoms with Crippen molar-refractivity contribution in [3.63, 3.8) is 0 Å². The smallest absolute Gasteiger partial charge is 0.406 e. The summed E-state index contributed by atoms with van der Waals surface area (Å²) in [5.41, 5.74) is -0.140. The average molecular weight is 302 g/mol. The Kier molecular flexibility index (Phi) is 4.46. The van der Waals surface area contributed by atoms with Gasteiger partial charge in [0.2, 0.25) is 0 Å². The number of aliphatic hydroxyl groups is 1. The molecule has 0 spiro atoms. The Bertz CT molecular complexity index is 682. The van der Waals surface area contributed by atoms with Gasteiger partial charge in [0.05, 0.1) is 17.2 Å². The monoisotopic (exact) mass is 302 g/mol. The van der Waals surface area contributed by atoms with Crippen LogP contribution in [0.2, 0.25) is 0 Å². The van der Waals surface area contributed by atoms with Crippen LogP contribution in [0.3, 0.4) is 0 Å². The van der Waals surface area contributed by atoms with Gasteiger partial charge < -0.3 is 9.84 Å². The molecule has 0 atom stereocenters. The van der Waals surface area contributed by atoms with E-state index in [-0.39, 0.29) is 12.0 Å². The molecule has 0 aliphatic rings. The van der Waals surface area contributed by atoms with Gasteiger partial charge in [-0.15, -0.1) is 13.2 Å². The fourth-order valence-corrected chi connectivity index (χ4v) is 1.89. The third-order valence-corrected chi connectivity index (χ3v) is 2.84. The van der Waals surface area contributed by atoms with Crippen molar-refractivity contribution in [3.8, 4) is 5.75 Å². The molecule has 2 rings (SSSR count). The molecule has 0 aliphatic carbocycles. The van der Waals surface area contributed by atoms with E-state index in [0.717, 1.165) is 12.1 Å². The van der Waals surface area contributed by atoms with Crippen molar-refractivity contribution in [2.75, 3.05) is 6.61 Å². The summed E-state index contributed by atoms with van der Waals surface area (Å²) in [7, 11) is 0. The minimum Gasteiger partial charge on any atom is -0.406 e. The summed E-state index contributed by atoms with van der Waals surface area (Å²) in [5.74, 6) is -0.456. The number of aryl methyl sites for hydroxylation is 1. The van der Waals surface area contributed by atoms with E-state index in [2.05, 4.69) is 9.72 Å². The first-order valence-electron chi connectivity index (χ1n) is 6.26. The summed E-state index contributed by atoms with van der Waals surface area (Å²) in [6, 6.07) is 3.44. The van der Waals surface area contributed by atoms with E-state index in [0.29, 0.717) is 24.9 Å². The molecule has 21 heavy (non-hydrogen) atoms. The number of ether oxygens (including phenoxy) is 1. The normalized spacial score (nSPS) is 11.8. The van der Waals surface area contributed by atoms with Crippen molar-refractivity contribution >= 4 is 10.9 Å². The van der Waals surface area contributed by atoms with Gasteiger partial charge in [-0.1, -0.05) is 0 Å². The Balaban J connectivity index is 2.35. The highest BCUT2D eigenvalue weighted by Crippen LogP contribution is 2.24. The van der Waals surface area contributed by atoms with Crippen LogP contribution in [0.15, 0.2) is 29.3 Å². The molecule has 1 aromatic heterocycles. The molecule has 0 saturated carbocycles. The Morgan fingerprint density at radius 1 is 1.29 bits per heavy atom. The number of unbranched alkanes of at least 4 members (excludes halogenated alkanes) is 1. The van der Waals surface area contributed by atoms with E-state index in [9.17, 15) is 18.0 Å². The number of alkyl halides is 3. The van der Waals surface area contributed by atoms with E-state index in [1.165, 1.54) is 17.0 Å². The van der Waals surface area contributed by atoms with Crippen molar-refractivity contribution in [2.24, 2.45) is 0 Å². The van der Waals surface area contributed by atoms with Gasteiger partial charge in [-0.3, -0.25) is 9.36 Å². The zero-order valence-corrected chi connectivity index (χ0v) is 10.9. The predicted octanol–water partition coefficient (Wildman–Crippen LogP) is 2.07. The maximum Gasteiger partial charge on any atom is 0.573 e. The van der Waals surface area contributed by atoms with Crippen LogP contribution >= 0.6 is 0 Å². The van der Waals surface area contributed by atoms with Crippen molar-refractivity contribution in [1.82, 2.24) is 9.55 Å². The molecule has 0 unspecified atom stereocenters. The number of benzene rings is 1.